The van der Waals surface area contributed by atoms with E-state index < -0.39 is 55.9 Å². The molecule has 0 saturated carbocycles. The molecule has 0 saturated heterocycles. The molecule has 120 valence electrons. The van der Waals surface area contributed by atoms with E-state index in [0.29, 0.717) is 0 Å². The van der Waals surface area contributed by atoms with E-state index in [1.165, 1.54) is 0 Å². The van der Waals surface area contributed by atoms with Crippen LogP contribution in [0.25, 0.3) is 0 Å². The van der Waals surface area contributed by atoms with Gasteiger partial charge in [0.05, 0.1) is 24.3 Å². The second-order valence-electron chi connectivity index (χ2n) is 6.42. The van der Waals surface area contributed by atoms with Gasteiger partial charge < -0.3 is 9.53 Å². The molecule has 0 aliphatic heterocycles. The number of hydrogen-bond acceptors (Lipinski definition) is 2. The highest BCUT2D eigenvalue weighted by molar-refractivity contribution is 6.74. The summed E-state index contributed by atoms with van der Waals surface area (Å²) < 4.78 is 60.3. The van der Waals surface area contributed by atoms with Crippen molar-refractivity contribution in [1.82, 2.24) is 0 Å². The topological polar surface area (TPSA) is 29.5 Å². The monoisotopic (exact) mass is 324 g/mol. The lowest BCUT2D eigenvalue weighted by atomic mass is 10.1. The van der Waals surface area contributed by atoms with Gasteiger partial charge in [-0.1, -0.05) is 20.8 Å². The normalized spacial score (nSPS) is 12.9. The molecule has 0 unspecified atom stereocenters. The summed E-state index contributed by atoms with van der Waals surface area (Å²) in [5, 5.41) is 8.56. The minimum absolute atomic E-state index is 0.206. The van der Waals surface area contributed by atoms with Crippen molar-refractivity contribution in [3.8, 4) is 0 Å². The molecular formula is C14H20F4O2Si. The predicted octanol–water partition coefficient (Wildman–Crippen LogP) is 4.26. The van der Waals surface area contributed by atoms with Gasteiger partial charge in [-0.25, -0.2) is 17.6 Å². The van der Waals surface area contributed by atoms with Crippen LogP contribution in [0.2, 0.25) is 18.1 Å². The average Bonchev–Trinajstić information content (AvgIpc) is 2.35. The second-order valence-corrected chi connectivity index (χ2v) is 11.2. The van der Waals surface area contributed by atoms with Gasteiger partial charge in [-0.2, -0.15) is 0 Å². The number of aliphatic hydroxyl groups excluding tert-OH is 1. The molecule has 0 radical (unpaired) electrons. The molecule has 1 N–H and O–H groups in total. The molecular weight excluding hydrogens is 304 g/mol. The van der Waals surface area contributed by atoms with Gasteiger partial charge in [-0.15, -0.1) is 0 Å². The Kier molecular flexibility index (Phi) is 5.23. The Bertz CT molecular complexity index is 510. The smallest absolute Gasteiger partial charge is 0.192 e. The highest BCUT2D eigenvalue weighted by Crippen LogP contribution is 2.37. The van der Waals surface area contributed by atoms with Crippen molar-refractivity contribution in [2.45, 2.75) is 52.1 Å². The lowest BCUT2D eigenvalue weighted by Crippen LogP contribution is -2.40. The van der Waals surface area contributed by atoms with Crippen LogP contribution >= 0.6 is 0 Å². The number of hydrogen-bond donors (Lipinski definition) is 1. The number of benzene rings is 1. The Morgan fingerprint density at radius 1 is 0.905 bits per heavy atom. The number of aliphatic hydroxyl groups is 1. The maximum Gasteiger partial charge on any atom is 0.192 e. The van der Waals surface area contributed by atoms with Crippen molar-refractivity contribution in [1.29, 1.82) is 0 Å². The van der Waals surface area contributed by atoms with Gasteiger partial charge >= 0.3 is 0 Å². The fourth-order valence-electron chi connectivity index (χ4n) is 1.46. The molecule has 0 heterocycles. The molecule has 7 heteroatoms. The van der Waals surface area contributed by atoms with Crippen LogP contribution in [0.5, 0.6) is 0 Å². The minimum atomic E-state index is -2.32. The van der Waals surface area contributed by atoms with Gasteiger partial charge in [0, 0.05) is 0 Å². The standard InChI is InChI=1S/C14H20F4O2Si/c1-14(2,3)21(4,5)20-7-9-12(17)10(15)8(6-19)11(16)13(9)18/h19H,6-7H2,1-5H3. The first-order valence-corrected chi connectivity index (χ1v) is 9.43. The van der Waals surface area contributed by atoms with E-state index in [2.05, 4.69) is 0 Å². The molecule has 0 atom stereocenters. The van der Waals surface area contributed by atoms with Crippen LogP contribution in [0, 0.1) is 23.3 Å². The summed E-state index contributed by atoms with van der Waals surface area (Å²) in [5.41, 5.74) is -1.80. The average molecular weight is 324 g/mol. The number of halogens is 4. The van der Waals surface area contributed by atoms with Crippen molar-refractivity contribution in [2.75, 3.05) is 0 Å². The third-order valence-corrected chi connectivity index (χ3v) is 8.47. The Labute approximate surface area is 122 Å². The highest BCUT2D eigenvalue weighted by Gasteiger charge is 2.38. The molecule has 2 nitrogen and oxygen atoms in total. The Morgan fingerprint density at radius 3 is 1.62 bits per heavy atom. The fraction of sp³-hybridized carbons (Fsp3) is 0.571. The molecule has 21 heavy (non-hydrogen) atoms. The van der Waals surface area contributed by atoms with E-state index in [1.807, 2.05) is 33.9 Å². The van der Waals surface area contributed by atoms with E-state index in [4.69, 9.17) is 9.53 Å². The lowest BCUT2D eigenvalue weighted by molar-refractivity contribution is 0.247. The van der Waals surface area contributed by atoms with Crippen LogP contribution in [0.3, 0.4) is 0 Å². The SMILES string of the molecule is CC(C)(C)[Si](C)(C)OCc1c(F)c(F)c(CO)c(F)c1F. The maximum absolute atomic E-state index is 13.8. The molecule has 0 amide bonds. The Morgan fingerprint density at radius 2 is 1.29 bits per heavy atom. The summed E-state index contributed by atoms with van der Waals surface area (Å²) in [4.78, 5) is 0. The zero-order chi connectivity index (χ0) is 16.6. The molecule has 0 fully saturated rings. The highest BCUT2D eigenvalue weighted by atomic mass is 28.4. The lowest BCUT2D eigenvalue weighted by Gasteiger charge is -2.36. The summed E-state index contributed by atoms with van der Waals surface area (Å²) in [6.07, 6.45) is 0. The molecule has 0 spiro atoms. The molecule has 0 aromatic heterocycles. The predicted molar refractivity (Wildman–Crippen MR) is 74.2 cm³/mol. The van der Waals surface area contributed by atoms with Crippen LogP contribution in [0.1, 0.15) is 31.9 Å². The number of rotatable bonds is 4. The van der Waals surface area contributed by atoms with E-state index >= 15 is 0 Å². The second kappa shape index (κ2) is 6.06. The first-order chi connectivity index (χ1) is 9.44. The molecule has 1 aromatic carbocycles. The van der Waals surface area contributed by atoms with Gasteiger partial charge in [0.1, 0.15) is 0 Å². The fourth-order valence-corrected chi connectivity index (χ4v) is 2.40. The van der Waals surface area contributed by atoms with Crippen LogP contribution in [-0.4, -0.2) is 13.4 Å². The van der Waals surface area contributed by atoms with Gasteiger partial charge in [0.25, 0.3) is 0 Å². The van der Waals surface area contributed by atoms with Crippen LogP contribution in [0.15, 0.2) is 0 Å². The summed E-state index contributed by atoms with van der Waals surface area (Å²) in [6, 6.07) is 0. The van der Waals surface area contributed by atoms with E-state index in [9.17, 15) is 17.6 Å². The Balaban J connectivity index is 3.17. The Hall–Kier alpha value is -0.923. The molecule has 1 aromatic rings. The molecule has 1 rings (SSSR count). The molecule has 0 aliphatic carbocycles. The molecule has 0 aliphatic rings. The first-order valence-electron chi connectivity index (χ1n) is 6.52. The summed E-state index contributed by atoms with van der Waals surface area (Å²) in [5.74, 6) is -6.19. The minimum Gasteiger partial charge on any atom is -0.412 e. The summed E-state index contributed by atoms with van der Waals surface area (Å²) >= 11 is 0. The van der Waals surface area contributed by atoms with Gasteiger partial charge in [-0.3, -0.25) is 0 Å². The summed E-state index contributed by atoms with van der Waals surface area (Å²) in [7, 11) is -2.32. The van der Waals surface area contributed by atoms with Crippen molar-refractivity contribution in [3.63, 3.8) is 0 Å². The zero-order valence-electron chi connectivity index (χ0n) is 12.8. The van der Waals surface area contributed by atoms with E-state index in [0.717, 1.165) is 0 Å². The zero-order valence-corrected chi connectivity index (χ0v) is 13.8. The van der Waals surface area contributed by atoms with Gasteiger partial charge in [0.15, 0.2) is 31.6 Å². The van der Waals surface area contributed by atoms with Crippen LogP contribution in [0.4, 0.5) is 17.6 Å². The first kappa shape index (κ1) is 18.1. The molecule has 0 bridgehead atoms. The largest absolute Gasteiger partial charge is 0.412 e. The maximum atomic E-state index is 13.8. The van der Waals surface area contributed by atoms with Gasteiger partial charge in [-0.05, 0) is 18.1 Å². The van der Waals surface area contributed by atoms with Crippen molar-refractivity contribution in [3.05, 3.63) is 34.4 Å². The quantitative estimate of drug-likeness (QED) is 0.509. The van der Waals surface area contributed by atoms with Crippen LogP contribution < -0.4 is 0 Å². The third-order valence-electron chi connectivity index (χ3n) is 3.99. The van der Waals surface area contributed by atoms with E-state index in [1.54, 1.807) is 0 Å². The summed E-state index contributed by atoms with van der Waals surface area (Å²) in [6.45, 7) is 7.85. The van der Waals surface area contributed by atoms with Crippen molar-refractivity contribution >= 4 is 8.32 Å². The van der Waals surface area contributed by atoms with Crippen molar-refractivity contribution < 1.29 is 27.1 Å². The van der Waals surface area contributed by atoms with Gasteiger partial charge in [0.2, 0.25) is 0 Å². The van der Waals surface area contributed by atoms with E-state index in [-0.39, 0.29) is 5.04 Å². The van der Waals surface area contributed by atoms with Crippen molar-refractivity contribution in [2.24, 2.45) is 0 Å². The van der Waals surface area contributed by atoms with Crippen LogP contribution in [-0.2, 0) is 17.6 Å². The third kappa shape index (κ3) is 3.46.